The normalized spacial score (nSPS) is 17.5. The molecule has 0 heterocycles. The summed E-state index contributed by atoms with van der Waals surface area (Å²) in [5.74, 6) is 0.974. The van der Waals surface area contributed by atoms with E-state index < -0.39 is 0 Å². The molecule has 1 aliphatic rings. The van der Waals surface area contributed by atoms with E-state index in [2.05, 4.69) is 12.5 Å². The first kappa shape index (κ1) is 8.63. The molecule has 11 heavy (non-hydrogen) atoms. The van der Waals surface area contributed by atoms with Crippen LogP contribution in [0.5, 0.6) is 0 Å². The molecule has 1 saturated carbocycles. The Labute approximate surface area is 69.4 Å². The van der Waals surface area contributed by atoms with Crippen LogP contribution in [0.1, 0.15) is 32.1 Å². The number of ether oxygens (including phenoxy) is 1. The molecule has 1 atom stereocenters. The molecule has 1 nitrogen and oxygen atoms in total. The van der Waals surface area contributed by atoms with Gasteiger partial charge in [-0.25, -0.2) is 0 Å². The van der Waals surface area contributed by atoms with Gasteiger partial charge in [-0.05, 0) is 37.7 Å². The second kappa shape index (κ2) is 5.22. The summed E-state index contributed by atoms with van der Waals surface area (Å²) in [6.07, 6.45) is 12.9. The zero-order chi connectivity index (χ0) is 7.94. The molecule has 1 aliphatic carbocycles. The molecule has 63 valence electrons. The van der Waals surface area contributed by atoms with Crippen LogP contribution in [0.15, 0.2) is 12.3 Å². The van der Waals surface area contributed by atoms with Crippen LogP contribution in [0.2, 0.25) is 0 Å². The molecule has 0 aromatic carbocycles. The Kier molecular flexibility index (Phi) is 4.10. The van der Waals surface area contributed by atoms with Crippen LogP contribution in [0.4, 0.5) is 0 Å². The molecule has 0 spiro atoms. The van der Waals surface area contributed by atoms with Crippen molar-refractivity contribution < 1.29 is 4.74 Å². The van der Waals surface area contributed by atoms with Crippen LogP contribution in [0.25, 0.3) is 0 Å². The van der Waals surface area contributed by atoms with Crippen molar-refractivity contribution in [2.45, 2.75) is 32.1 Å². The standard InChI is InChI=1S/C10H17O/c1-11-9-5-3-2-4-6-10-7-8-10/h5,7,9-10H,2-4,6,8H2,1H3. The van der Waals surface area contributed by atoms with Crippen molar-refractivity contribution in [3.8, 4) is 0 Å². The molecule has 0 aliphatic heterocycles. The van der Waals surface area contributed by atoms with E-state index >= 15 is 0 Å². The summed E-state index contributed by atoms with van der Waals surface area (Å²) >= 11 is 0. The van der Waals surface area contributed by atoms with E-state index in [1.807, 2.05) is 0 Å². The van der Waals surface area contributed by atoms with Crippen molar-refractivity contribution in [1.29, 1.82) is 0 Å². The van der Waals surface area contributed by atoms with Crippen molar-refractivity contribution >= 4 is 0 Å². The number of rotatable bonds is 6. The fourth-order valence-electron chi connectivity index (χ4n) is 1.16. The minimum Gasteiger partial charge on any atom is -0.505 e. The van der Waals surface area contributed by atoms with E-state index in [0.717, 1.165) is 5.92 Å². The topological polar surface area (TPSA) is 9.23 Å². The molecule has 0 aromatic rings. The lowest BCUT2D eigenvalue weighted by molar-refractivity contribution is 0.336. The minimum atomic E-state index is 0.974. The first-order valence-electron chi connectivity index (χ1n) is 4.44. The maximum Gasteiger partial charge on any atom is 0.0784 e. The van der Waals surface area contributed by atoms with Gasteiger partial charge in [-0.15, -0.1) is 0 Å². The summed E-state index contributed by atoms with van der Waals surface area (Å²) in [6.45, 7) is 0. The second-order valence-electron chi connectivity index (χ2n) is 3.12. The van der Waals surface area contributed by atoms with Gasteiger partial charge in [0.05, 0.1) is 13.4 Å². The van der Waals surface area contributed by atoms with Gasteiger partial charge in [0.1, 0.15) is 0 Å². The zero-order valence-corrected chi connectivity index (χ0v) is 7.25. The van der Waals surface area contributed by atoms with Crippen LogP contribution < -0.4 is 0 Å². The zero-order valence-electron chi connectivity index (χ0n) is 7.25. The van der Waals surface area contributed by atoms with Crippen molar-refractivity contribution in [1.82, 2.24) is 0 Å². The van der Waals surface area contributed by atoms with E-state index in [1.54, 1.807) is 13.4 Å². The Morgan fingerprint density at radius 2 is 2.36 bits per heavy atom. The monoisotopic (exact) mass is 153 g/mol. The molecule has 1 radical (unpaired) electrons. The van der Waals surface area contributed by atoms with Crippen LogP contribution in [-0.2, 0) is 4.74 Å². The lowest BCUT2D eigenvalue weighted by atomic mass is 10.1. The van der Waals surface area contributed by atoms with Gasteiger partial charge in [-0.2, -0.15) is 0 Å². The van der Waals surface area contributed by atoms with E-state index in [9.17, 15) is 0 Å². The largest absolute Gasteiger partial charge is 0.505 e. The smallest absolute Gasteiger partial charge is 0.0784 e. The number of hydrogen-bond donors (Lipinski definition) is 0. The Bertz CT molecular complexity index is 114. The van der Waals surface area contributed by atoms with E-state index in [4.69, 9.17) is 4.74 Å². The highest BCUT2D eigenvalue weighted by atomic mass is 16.5. The van der Waals surface area contributed by atoms with Crippen molar-refractivity contribution in [2.24, 2.45) is 5.92 Å². The molecule has 1 fully saturated rings. The molecule has 1 rings (SSSR count). The average molecular weight is 153 g/mol. The molecular weight excluding hydrogens is 136 g/mol. The Hall–Kier alpha value is -0.460. The summed E-state index contributed by atoms with van der Waals surface area (Å²) in [7, 11) is 1.69. The maximum atomic E-state index is 4.80. The van der Waals surface area contributed by atoms with Crippen molar-refractivity contribution in [2.75, 3.05) is 7.11 Å². The number of hydrogen-bond acceptors (Lipinski definition) is 1. The van der Waals surface area contributed by atoms with Crippen LogP contribution in [0, 0.1) is 12.3 Å². The lowest BCUT2D eigenvalue weighted by Gasteiger charge is -1.94. The van der Waals surface area contributed by atoms with Crippen molar-refractivity contribution in [3.05, 3.63) is 18.8 Å². The Balaban J connectivity index is 1.76. The summed E-state index contributed by atoms with van der Waals surface area (Å²) in [4.78, 5) is 0. The van der Waals surface area contributed by atoms with Gasteiger partial charge in [-0.1, -0.05) is 12.8 Å². The molecule has 1 unspecified atom stereocenters. The molecular formula is C10H17O. The summed E-state index contributed by atoms with van der Waals surface area (Å²) < 4.78 is 4.80. The predicted octanol–water partition coefficient (Wildman–Crippen LogP) is 2.93. The highest BCUT2D eigenvalue weighted by Gasteiger charge is 2.20. The third-order valence-corrected chi connectivity index (χ3v) is 2.00. The first-order chi connectivity index (χ1) is 5.43. The molecule has 0 saturated heterocycles. The van der Waals surface area contributed by atoms with Gasteiger partial charge in [0.15, 0.2) is 0 Å². The van der Waals surface area contributed by atoms with Gasteiger partial charge >= 0.3 is 0 Å². The molecule has 0 bridgehead atoms. The fraction of sp³-hybridized carbons (Fsp3) is 0.700. The third kappa shape index (κ3) is 4.88. The molecule has 0 N–H and O–H groups in total. The highest BCUT2D eigenvalue weighted by molar-refractivity contribution is 4.94. The predicted molar refractivity (Wildman–Crippen MR) is 47.0 cm³/mol. The van der Waals surface area contributed by atoms with Gasteiger partial charge in [-0.3, -0.25) is 0 Å². The fourth-order valence-corrected chi connectivity index (χ4v) is 1.16. The van der Waals surface area contributed by atoms with Crippen molar-refractivity contribution in [3.63, 3.8) is 0 Å². The summed E-state index contributed by atoms with van der Waals surface area (Å²) in [5.41, 5.74) is 0. The second-order valence-corrected chi connectivity index (χ2v) is 3.12. The van der Waals surface area contributed by atoms with E-state index in [1.165, 1.54) is 32.1 Å². The molecule has 0 amide bonds. The summed E-state index contributed by atoms with van der Waals surface area (Å²) in [6, 6.07) is 0. The van der Waals surface area contributed by atoms with Crippen LogP contribution >= 0.6 is 0 Å². The number of allylic oxidation sites excluding steroid dienone is 1. The molecule has 1 heteroatoms. The van der Waals surface area contributed by atoms with Gasteiger partial charge in [0.2, 0.25) is 0 Å². The number of unbranched alkanes of at least 4 members (excludes halogenated alkanes) is 2. The SMILES string of the molecule is COC=CCCCCC1[CH]C1. The van der Waals surface area contributed by atoms with E-state index in [0.29, 0.717) is 0 Å². The van der Waals surface area contributed by atoms with Crippen LogP contribution in [0.3, 0.4) is 0 Å². The lowest BCUT2D eigenvalue weighted by Crippen LogP contribution is -1.77. The van der Waals surface area contributed by atoms with Crippen LogP contribution in [-0.4, -0.2) is 7.11 Å². The minimum absolute atomic E-state index is 0.974. The maximum absolute atomic E-state index is 4.80. The molecule has 0 aromatic heterocycles. The van der Waals surface area contributed by atoms with Gasteiger partial charge in [0, 0.05) is 0 Å². The van der Waals surface area contributed by atoms with Gasteiger partial charge in [0.25, 0.3) is 0 Å². The Morgan fingerprint density at radius 1 is 1.55 bits per heavy atom. The van der Waals surface area contributed by atoms with Gasteiger partial charge < -0.3 is 4.74 Å². The average Bonchev–Trinajstić information content (AvgIpc) is 2.80. The Morgan fingerprint density at radius 3 is 3.00 bits per heavy atom. The third-order valence-electron chi connectivity index (χ3n) is 2.00. The van der Waals surface area contributed by atoms with E-state index in [-0.39, 0.29) is 0 Å². The summed E-state index contributed by atoms with van der Waals surface area (Å²) in [5, 5.41) is 0. The first-order valence-corrected chi connectivity index (χ1v) is 4.44. The quantitative estimate of drug-likeness (QED) is 0.421. The number of methoxy groups -OCH3 is 1. The highest BCUT2D eigenvalue weighted by Crippen LogP contribution is 2.32.